The molecule has 2 amide bonds. The molecule has 1 atom stereocenters. The van der Waals surface area contributed by atoms with E-state index in [2.05, 4.69) is 28.4 Å². The number of carbonyl (C=O) groups excluding carboxylic acids is 2. The second kappa shape index (κ2) is 8.27. The van der Waals surface area contributed by atoms with E-state index in [9.17, 15) is 9.59 Å². The molecule has 0 saturated carbocycles. The lowest BCUT2D eigenvalue weighted by molar-refractivity contribution is -0.122. The van der Waals surface area contributed by atoms with Gasteiger partial charge in [-0.05, 0) is 69.0 Å². The summed E-state index contributed by atoms with van der Waals surface area (Å²) in [6.45, 7) is 6.68. The maximum Gasteiger partial charge on any atom is 0.229 e. The van der Waals surface area contributed by atoms with Crippen LogP contribution in [0.1, 0.15) is 36.8 Å². The van der Waals surface area contributed by atoms with Crippen molar-refractivity contribution in [2.75, 3.05) is 34.8 Å². The van der Waals surface area contributed by atoms with Crippen molar-refractivity contribution in [2.45, 2.75) is 39.5 Å². The van der Waals surface area contributed by atoms with E-state index in [4.69, 9.17) is 0 Å². The number of nitrogens with one attached hydrogen (secondary N) is 1. The first-order valence-corrected chi connectivity index (χ1v) is 10.5. The summed E-state index contributed by atoms with van der Waals surface area (Å²) in [4.78, 5) is 29.4. The van der Waals surface area contributed by atoms with Gasteiger partial charge in [-0.15, -0.1) is 0 Å². The minimum Gasteiger partial charge on any atom is -0.372 e. The molecule has 29 heavy (non-hydrogen) atoms. The highest BCUT2D eigenvalue weighted by Gasteiger charge is 2.35. The average molecular weight is 392 g/mol. The Morgan fingerprint density at radius 3 is 2.41 bits per heavy atom. The van der Waals surface area contributed by atoms with Crippen LogP contribution in [0.4, 0.5) is 17.1 Å². The summed E-state index contributed by atoms with van der Waals surface area (Å²) in [5.41, 5.74) is 5.13. The largest absolute Gasteiger partial charge is 0.372 e. The molecular weight excluding hydrogens is 362 g/mol. The summed E-state index contributed by atoms with van der Waals surface area (Å²) in [6, 6.07) is 14.1. The quantitative estimate of drug-likeness (QED) is 0.846. The minimum atomic E-state index is -0.329. The number of nitrogens with zero attached hydrogens (tertiary/aromatic N) is 2. The van der Waals surface area contributed by atoms with E-state index in [0.717, 1.165) is 30.0 Å². The first kappa shape index (κ1) is 19.5. The number of amides is 2. The Labute approximate surface area is 172 Å². The smallest absolute Gasteiger partial charge is 0.229 e. The van der Waals surface area contributed by atoms with Crippen molar-refractivity contribution in [1.82, 2.24) is 0 Å². The zero-order chi connectivity index (χ0) is 20.4. The van der Waals surface area contributed by atoms with Crippen molar-refractivity contribution in [3.05, 3.63) is 53.6 Å². The highest BCUT2D eigenvalue weighted by atomic mass is 16.2. The zero-order valence-electron chi connectivity index (χ0n) is 17.3. The predicted molar refractivity (Wildman–Crippen MR) is 118 cm³/mol. The third-order valence-electron chi connectivity index (χ3n) is 5.99. The van der Waals surface area contributed by atoms with Crippen LogP contribution in [0.5, 0.6) is 0 Å². The van der Waals surface area contributed by atoms with E-state index >= 15 is 0 Å². The second-order valence-corrected chi connectivity index (χ2v) is 8.28. The van der Waals surface area contributed by atoms with E-state index in [-0.39, 0.29) is 24.2 Å². The predicted octanol–water partition coefficient (Wildman–Crippen LogP) is 4.29. The molecule has 4 rings (SSSR count). The van der Waals surface area contributed by atoms with Crippen molar-refractivity contribution in [1.29, 1.82) is 0 Å². The molecule has 2 heterocycles. The van der Waals surface area contributed by atoms with Crippen LogP contribution in [0.15, 0.2) is 42.5 Å². The molecule has 2 fully saturated rings. The van der Waals surface area contributed by atoms with Gasteiger partial charge in [0, 0.05) is 43.1 Å². The molecule has 5 nitrogen and oxygen atoms in total. The van der Waals surface area contributed by atoms with Crippen molar-refractivity contribution in [3.63, 3.8) is 0 Å². The molecule has 1 unspecified atom stereocenters. The summed E-state index contributed by atoms with van der Waals surface area (Å²) in [6.07, 6.45) is 4.05. The lowest BCUT2D eigenvalue weighted by Gasteiger charge is -2.28. The third kappa shape index (κ3) is 4.29. The van der Waals surface area contributed by atoms with Crippen LogP contribution in [0.25, 0.3) is 0 Å². The summed E-state index contributed by atoms with van der Waals surface area (Å²) < 4.78 is 0. The van der Waals surface area contributed by atoms with Gasteiger partial charge in [0.25, 0.3) is 0 Å². The third-order valence-corrected chi connectivity index (χ3v) is 5.99. The Hall–Kier alpha value is -2.82. The molecule has 5 heteroatoms. The van der Waals surface area contributed by atoms with Gasteiger partial charge in [-0.25, -0.2) is 0 Å². The van der Waals surface area contributed by atoms with E-state index < -0.39 is 0 Å². The van der Waals surface area contributed by atoms with E-state index in [1.54, 1.807) is 4.90 Å². The van der Waals surface area contributed by atoms with Gasteiger partial charge in [0.15, 0.2) is 0 Å². The SMILES string of the molecule is Cc1ccc(N2CC(C(=O)Nc3ccc(N4CCCCC4)cc3)CC2=O)c(C)c1. The number of hydrogen-bond donors (Lipinski definition) is 1. The summed E-state index contributed by atoms with van der Waals surface area (Å²) in [7, 11) is 0. The fourth-order valence-corrected chi connectivity index (χ4v) is 4.38. The summed E-state index contributed by atoms with van der Waals surface area (Å²) in [5.74, 6) is -0.404. The number of hydrogen-bond acceptors (Lipinski definition) is 3. The molecule has 0 radical (unpaired) electrons. The molecule has 2 saturated heterocycles. The number of rotatable bonds is 4. The van der Waals surface area contributed by atoms with Crippen molar-refractivity contribution < 1.29 is 9.59 Å². The Kier molecular flexibility index (Phi) is 5.56. The van der Waals surface area contributed by atoms with Crippen LogP contribution < -0.4 is 15.1 Å². The molecule has 0 aromatic heterocycles. The summed E-state index contributed by atoms with van der Waals surface area (Å²) >= 11 is 0. The monoisotopic (exact) mass is 391 g/mol. The van der Waals surface area contributed by atoms with Crippen LogP contribution in [0.2, 0.25) is 0 Å². The number of carbonyl (C=O) groups is 2. The normalized spacial score (nSPS) is 19.5. The first-order chi connectivity index (χ1) is 14.0. The van der Waals surface area contributed by atoms with Gasteiger partial charge < -0.3 is 15.1 Å². The topological polar surface area (TPSA) is 52.7 Å². The minimum absolute atomic E-state index is 0.0116. The number of benzene rings is 2. The van der Waals surface area contributed by atoms with E-state index in [1.165, 1.54) is 30.5 Å². The van der Waals surface area contributed by atoms with Gasteiger partial charge in [-0.1, -0.05) is 17.7 Å². The fraction of sp³-hybridized carbons (Fsp3) is 0.417. The van der Waals surface area contributed by atoms with Gasteiger partial charge >= 0.3 is 0 Å². The van der Waals surface area contributed by atoms with Crippen molar-refractivity contribution in [2.24, 2.45) is 5.92 Å². The number of aryl methyl sites for hydroxylation is 2. The van der Waals surface area contributed by atoms with Gasteiger partial charge in [-0.2, -0.15) is 0 Å². The molecule has 0 aliphatic carbocycles. The zero-order valence-corrected chi connectivity index (χ0v) is 17.3. The number of piperidine rings is 1. The Morgan fingerprint density at radius 1 is 1.00 bits per heavy atom. The molecule has 2 aromatic carbocycles. The van der Waals surface area contributed by atoms with E-state index in [0.29, 0.717) is 6.54 Å². The second-order valence-electron chi connectivity index (χ2n) is 8.28. The highest BCUT2D eigenvalue weighted by molar-refractivity contribution is 6.03. The lowest BCUT2D eigenvalue weighted by atomic mass is 10.1. The van der Waals surface area contributed by atoms with Crippen molar-refractivity contribution >= 4 is 28.9 Å². The molecule has 0 spiro atoms. The molecule has 152 valence electrons. The Balaban J connectivity index is 1.39. The van der Waals surface area contributed by atoms with Crippen LogP contribution in [-0.2, 0) is 9.59 Å². The average Bonchev–Trinajstić information content (AvgIpc) is 3.11. The Bertz CT molecular complexity index is 901. The molecule has 2 aliphatic rings. The van der Waals surface area contributed by atoms with Gasteiger partial charge in [0.05, 0.1) is 5.92 Å². The Morgan fingerprint density at radius 2 is 1.72 bits per heavy atom. The molecular formula is C24H29N3O2. The molecule has 2 aliphatic heterocycles. The van der Waals surface area contributed by atoms with Crippen molar-refractivity contribution in [3.8, 4) is 0 Å². The van der Waals surface area contributed by atoms with Crippen LogP contribution in [0.3, 0.4) is 0 Å². The van der Waals surface area contributed by atoms with Crippen LogP contribution in [0, 0.1) is 19.8 Å². The maximum absolute atomic E-state index is 12.8. The maximum atomic E-state index is 12.8. The van der Waals surface area contributed by atoms with Gasteiger partial charge in [0.2, 0.25) is 11.8 Å². The van der Waals surface area contributed by atoms with E-state index in [1.807, 2.05) is 38.1 Å². The summed E-state index contributed by atoms with van der Waals surface area (Å²) in [5, 5.41) is 2.99. The van der Waals surface area contributed by atoms with Crippen LogP contribution in [-0.4, -0.2) is 31.4 Å². The standard InChI is InChI=1S/C24H29N3O2/c1-17-6-11-22(18(2)14-17)27-16-19(15-23(27)28)24(29)25-20-7-9-21(10-8-20)26-12-4-3-5-13-26/h6-11,14,19H,3-5,12-13,15-16H2,1-2H3,(H,25,29). The van der Waals surface area contributed by atoms with Gasteiger partial charge in [0.1, 0.15) is 0 Å². The molecule has 0 bridgehead atoms. The van der Waals surface area contributed by atoms with Gasteiger partial charge in [-0.3, -0.25) is 9.59 Å². The number of anilines is 3. The fourth-order valence-electron chi connectivity index (χ4n) is 4.38. The molecule has 1 N–H and O–H groups in total. The first-order valence-electron chi connectivity index (χ1n) is 10.5. The highest BCUT2D eigenvalue weighted by Crippen LogP contribution is 2.29. The lowest BCUT2D eigenvalue weighted by Crippen LogP contribution is -2.29. The molecule has 2 aromatic rings. The van der Waals surface area contributed by atoms with Crippen LogP contribution >= 0.6 is 0 Å².